The van der Waals surface area contributed by atoms with Crippen LogP contribution >= 0.6 is 0 Å². The van der Waals surface area contributed by atoms with Crippen LogP contribution in [0, 0.1) is 17.2 Å². The molecule has 2 aromatic heterocycles. The Balaban J connectivity index is 1.99. The molecule has 0 aliphatic heterocycles. The molecule has 1 saturated carbocycles. The smallest absolute Gasteiger partial charge is 0.226 e. The lowest BCUT2D eigenvalue weighted by molar-refractivity contribution is 0.302. The van der Waals surface area contributed by atoms with Crippen molar-refractivity contribution in [2.24, 2.45) is 5.92 Å². The quantitative estimate of drug-likeness (QED) is 0.793. The molecule has 0 saturated heterocycles. The fraction of sp³-hybridized carbons (Fsp3) is 0.562. The predicted molar refractivity (Wildman–Crippen MR) is 84.3 cm³/mol. The first-order valence-corrected chi connectivity index (χ1v) is 7.88. The van der Waals surface area contributed by atoms with Crippen LogP contribution in [0.5, 0.6) is 5.88 Å². The molecule has 1 aliphatic carbocycles. The summed E-state index contributed by atoms with van der Waals surface area (Å²) in [6, 6.07) is 4.26. The third-order valence-corrected chi connectivity index (χ3v) is 4.13. The molecule has 0 amide bonds. The van der Waals surface area contributed by atoms with E-state index >= 15 is 0 Å². The first-order valence-electron chi connectivity index (χ1n) is 7.88. The number of anilines is 1. The minimum atomic E-state index is 0.0932. The molecule has 1 fully saturated rings. The Morgan fingerprint density at radius 2 is 2.36 bits per heavy atom. The number of nitrogen functional groups attached to an aromatic ring is 1. The zero-order valence-electron chi connectivity index (χ0n) is 12.8. The number of unbranched alkanes of at least 4 members (excludes halogenated alkanes) is 1. The summed E-state index contributed by atoms with van der Waals surface area (Å²) in [5, 5.41) is 14.3. The number of hydrogen-bond donors (Lipinski definition) is 1. The first kappa shape index (κ1) is 14.6. The maximum Gasteiger partial charge on any atom is 0.226 e. The van der Waals surface area contributed by atoms with Gasteiger partial charge < -0.3 is 10.5 Å². The summed E-state index contributed by atoms with van der Waals surface area (Å²) in [6.07, 6.45) is 6.52. The Morgan fingerprint density at radius 1 is 1.55 bits per heavy atom. The Hall–Kier alpha value is -2.29. The van der Waals surface area contributed by atoms with Crippen molar-refractivity contribution < 1.29 is 4.74 Å². The molecule has 0 radical (unpaired) electrons. The molecule has 1 atom stereocenters. The van der Waals surface area contributed by atoms with E-state index in [0.29, 0.717) is 30.6 Å². The molecule has 116 valence electrons. The average Bonchev–Trinajstić information content (AvgIpc) is 3.30. The summed E-state index contributed by atoms with van der Waals surface area (Å²) < 4.78 is 7.66. The van der Waals surface area contributed by atoms with E-state index in [-0.39, 0.29) is 6.04 Å². The first-order chi connectivity index (χ1) is 10.8. The average molecular weight is 299 g/mol. The van der Waals surface area contributed by atoms with E-state index in [9.17, 15) is 0 Å². The van der Waals surface area contributed by atoms with Gasteiger partial charge in [-0.1, -0.05) is 13.3 Å². The number of fused-ring (bicyclic) bond motifs is 1. The van der Waals surface area contributed by atoms with Crippen LogP contribution in [-0.2, 0) is 0 Å². The number of nitriles is 1. The summed E-state index contributed by atoms with van der Waals surface area (Å²) in [5.41, 5.74) is 7.01. The van der Waals surface area contributed by atoms with E-state index in [0.717, 1.165) is 36.6 Å². The Labute approximate surface area is 129 Å². The van der Waals surface area contributed by atoms with Crippen LogP contribution in [0.2, 0.25) is 0 Å². The summed E-state index contributed by atoms with van der Waals surface area (Å²) in [7, 11) is 0. The van der Waals surface area contributed by atoms with Gasteiger partial charge >= 0.3 is 0 Å². The van der Waals surface area contributed by atoms with Crippen molar-refractivity contribution in [3.8, 4) is 11.9 Å². The standard InChI is InChI=1S/C16H21N5O/c1-2-3-10-22-16-14-13(7-9-19-16)21(20-15(14)18)12(6-8-17)11-4-5-11/h7,9,11-12H,2-6,10H2,1H3,(H2,18,20)/t12-/m1/s1. The molecule has 2 N–H and O–H groups in total. The van der Waals surface area contributed by atoms with Crippen LogP contribution < -0.4 is 10.5 Å². The van der Waals surface area contributed by atoms with E-state index in [1.165, 1.54) is 0 Å². The highest BCUT2D eigenvalue weighted by Crippen LogP contribution is 2.43. The summed E-state index contributed by atoms with van der Waals surface area (Å²) in [5.74, 6) is 1.50. The lowest BCUT2D eigenvalue weighted by Gasteiger charge is -2.14. The van der Waals surface area contributed by atoms with E-state index in [1.54, 1.807) is 6.20 Å². The number of rotatable bonds is 7. The van der Waals surface area contributed by atoms with E-state index in [4.69, 9.17) is 15.7 Å². The zero-order chi connectivity index (χ0) is 15.5. The van der Waals surface area contributed by atoms with Gasteiger partial charge in [0.2, 0.25) is 5.88 Å². The maximum absolute atomic E-state index is 9.09. The number of pyridine rings is 1. The molecular weight excluding hydrogens is 278 g/mol. The van der Waals surface area contributed by atoms with Crippen molar-refractivity contribution in [2.45, 2.75) is 45.1 Å². The van der Waals surface area contributed by atoms with E-state index < -0.39 is 0 Å². The normalized spacial score (nSPS) is 15.6. The Bertz CT molecular complexity index is 698. The van der Waals surface area contributed by atoms with E-state index in [1.807, 2.05) is 10.7 Å². The van der Waals surface area contributed by atoms with Gasteiger partial charge in [-0.3, -0.25) is 4.68 Å². The lowest BCUT2D eigenvalue weighted by Crippen LogP contribution is -2.12. The highest BCUT2D eigenvalue weighted by Gasteiger charge is 2.34. The molecule has 0 aromatic carbocycles. The van der Waals surface area contributed by atoms with Gasteiger partial charge in [0.15, 0.2) is 5.82 Å². The van der Waals surface area contributed by atoms with Crippen LogP contribution in [-0.4, -0.2) is 21.4 Å². The van der Waals surface area contributed by atoms with Crippen molar-refractivity contribution in [1.29, 1.82) is 5.26 Å². The number of aromatic nitrogens is 3. The van der Waals surface area contributed by atoms with Crippen LogP contribution in [0.3, 0.4) is 0 Å². The van der Waals surface area contributed by atoms with Gasteiger partial charge in [0.05, 0.1) is 30.7 Å². The molecule has 0 spiro atoms. The lowest BCUT2D eigenvalue weighted by atomic mass is 10.1. The third kappa shape index (κ3) is 2.71. The van der Waals surface area contributed by atoms with Gasteiger partial charge in [-0.05, 0) is 31.2 Å². The third-order valence-electron chi connectivity index (χ3n) is 4.13. The van der Waals surface area contributed by atoms with Crippen LogP contribution in [0.1, 0.15) is 45.1 Å². The zero-order valence-corrected chi connectivity index (χ0v) is 12.8. The molecule has 22 heavy (non-hydrogen) atoms. The van der Waals surface area contributed by atoms with Gasteiger partial charge in [-0.2, -0.15) is 10.4 Å². The highest BCUT2D eigenvalue weighted by atomic mass is 16.5. The second kappa shape index (κ2) is 6.22. The topological polar surface area (TPSA) is 89.8 Å². The van der Waals surface area contributed by atoms with Crippen LogP contribution in [0.25, 0.3) is 10.9 Å². The molecule has 2 aromatic rings. The van der Waals surface area contributed by atoms with Crippen molar-refractivity contribution >= 4 is 16.7 Å². The van der Waals surface area contributed by atoms with Crippen LogP contribution in [0.15, 0.2) is 12.3 Å². The highest BCUT2D eigenvalue weighted by molar-refractivity contribution is 5.93. The molecular formula is C16H21N5O. The van der Waals surface area contributed by atoms with Gasteiger partial charge in [-0.25, -0.2) is 4.98 Å². The summed E-state index contributed by atoms with van der Waals surface area (Å²) in [6.45, 7) is 2.74. The minimum Gasteiger partial charge on any atom is -0.477 e. The van der Waals surface area contributed by atoms with Crippen molar-refractivity contribution in [3.05, 3.63) is 12.3 Å². The molecule has 0 bridgehead atoms. The second-order valence-electron chi connectivity index (χ2n) is 5.81. The van der Waals surface area contributed by atoms with Gasteiger partial charge in [-0.15, -0.1) is 0 Å². The van der Waals surface area contributed by atoms with Gasteiger partial charge in [0.25, 0.3) is 0 Å². The summed E-state index contributed by atoms with van der Waals surface area (Å²) >= 11 is 0. The fourth-order valence-electron chi connectivity index (χ4n) is 2.79. The number of nitrogens with zero attached hydrogens (tertiary/aromatic N) is 4. The predicted octanol–water partition coefficient (Wildman–Crippen LogP) is 3.06. The SMILES string of the molecule is CCCCOc1nccc2c1c(N)nn2[C@H](CC#N)C1CC1. The van der Waals surface area contributed by atoms with Crippen molar-refractivity contribution in [2.75, 3.05) is 12.3 Å². The Morgan fingerprint density at radius 3 is 3.05 bits per heavy atom. The maximum atomic E-state index is 9.09. The molecule has 0 unspecified atom stereocenters. The molecule has 2 heterocycles. The number of hydrogen-bond acceptors (Lipinski definition) is 5. The largest absolute Gasteiger partial charge is 0.477 e. The van der Waals surface area contributed by atoms with Crippen molar-refractivity contribution in [3.63, 3.8) is 0 Å². The molecule has 1 aliphatic rings. The van der Waals surface area contributed by atoms with Crippen LogP contribution in [0.4, 0.5) is 5.82 Å². The van der Waals surface area contributed by atoms with Crippen molar-refractivity contribution in [1.82, 2.24) is 14.8 Å². The number of ether oxygens (including phenoxy) is 1. The second-order valence-corrected chi connectivity index (χ2v) is 5.81. The van der Waals surface area contributed by atoms with Gasteiger partial charge in [0, 0.05) is 6.20 Å². The summed E-state index contributed by atoms with van der Waals surface area (Å²) in [4.78, 5) is 4.30. The Kier molecular flexibility index (Phi) is 4.14. The monoisotopic (exact) mass is 299 g/mol. The minimum absolute atomic E-state index is 0.0932. The van der Waals surface area contributed by atoms with E-state index in [2.05, 4.69) is 23.1 Å². The number of nitrogens with two attached hydrogens (primary N) is 1. The molecule has 6 nitrogen and oxygen atoms in total. The molecule has 3 rings (SSSR count). The van der Waals surface area contributed by atoms with Gasteiger partial charge in [0.1, 0.15) is 5.39 Å². The fourth-order valence-corrected chi connectivity index (χ4v) is 2.79. The molecule has 6 heteroatoms.